The van der Waals surface area contributed by atoms with Crippen LogP contribution in [0.15, 0.2) is 144 Å². The molecule has 0 unspecified atom stereocenters. The van der Waals surface area contributed by atoms with Crippen molar-refractivity contribution in [3.05, 3.63) is 151 Å². The fraction of sp³-hybridized carbons (Fsp3) is 0.0698. The first-order chi connectivity index (χ1) is 23.1. The highest BCUT2D eigenvalue weighted by atomic mass is 16.3. The lowest BCUT2D eigenvalue weighted by Gasteiger charge is -2.24. The minimum absolute atomic E-state index is 0.235. The summed E-state index contributed by atoms with van der Waals surface area (Å²) in [4.78, 5) is 10.5. The van der Waals surface area contributed by atoms with Crippen LogP contribution in [0.3, 0.4) is 0 Å². The van der Waals surface area contributed by atoms with Crippen LogP contribution in [-0.2, 0) is 5.41 Å². The summed E-state index contributed by atoms with van der Waals surface area (Å²) in [5.41, 5.74) is 12.8. The predicted molar refractivity (Wildman–Crippen MR) is 192 cm³/mol. The van der Waals surface area contributed by atoms with Gasteiger partial charge >= 0.3 is 0 Å². The molecule has 0 spiro atoms. The summed E-state index contributed by atoms with van der Waals surface area (Å²) in [5, 5.41) is 4.73. The highest BCUT2D eigenvalue weighted by molar-refractivity contribution is 6.27. The van der Waals surface area contributed by atoms with Crippen LogP contribution in [0, 0.1) is 0 Å². The molecule has 3 aromatic heterocycles. The van der Waals surface area contributed by atoms with Crippen molar-refractivity contribution in [3.63, 3.8) is 0 Å². The van der Waals surface area contributed by atoms with Crippen LogP contribution in [-0.4, -0.2) is 14.5 Å². The zero-order chi connectivity index (χ0) is 31.3. The van der Waals surface area contributed by atoms with Gasteiger partial charge in [0.1, 0.15) is 11.2 Å². The summed E-state index contributed by atoms with van der Waals surface area (Å²) in [6.45, 7) is 4.58. The molecule has 0 aliphatic heterocycles. The summed E-state index contributed by atoms with van der Waals surface area (Å²) in [6, 6.07) is 49.1. The van der Waals surface area contributed by atoms with Gasteiger partial charge in [-0.25, -0.2) is 9.97 Å². The molecule has 222 valence electrons. The Balaban J connectivity index is 1.19. The maximum Gasteiger partial charge on any atom is 0.160 e. The number of para-hydroxylation sites is 2. The predicted octanol–water partition coefficient (Wildman–Crippen LogP) is 11.1. The third-order valence-corrected chi connectivity index (χ3v) is 10.00. The van der Waals surface area contributed by atoms with E-state index in [1.165, 1.54) is 33.0 Å². The highest BCUT2D eigenvalue weighted by Crippen LogP contribution is 2.51. The van der Waals surface area contributed by atoms with Crippen LogP contribution in [0.2, 0.25) is 0 Å². The van der Waals surface area contributed by atoms with E-state index < -0.39 is 0 Å². The maximum absolute atomic E-state index is 6.29. The molecule has 0 atom stereocenters. The van der Waals surface area contributed by atoms with Gasteiger partial charge in [0, 0.05) is 54.9 Å². The van der Waals surface area contributed by atoms with Gasteiger partial charge in [-0.1, -0.05) is 117 Å². The highest BCUT2D eigenvalue weighted by Gasteiger charge is 2.40. The van der Waals surface area contributed by atoms with Gasteiger partial charge in [0.2, 0.25) is 0 Å². The average Bonchev–Trinajstić information content (AvgIpc) is 3.74. The molecular formula is C43H29N3O. The third kappa shape index (κ3) is 3.64. The summed E-state index contributed by atoms with van der Waals surface area (Å²) in [7, 11) is 0. The molecule has 1 aliphatic carbocycles. The van der Waals surface area contributed by atoms with Crippen molar-refractivity contribution in [2.24, 2.45) is 0 Å². The van der Waals surface area contributed by atoms with E-state index in [2.05, 4.69) is 128 Å². The number of fused-ring (bicyclic) bond motifs is 10. The second kappa shape index (κ2) is 9.51. The minimum atomic E-state index is -0.235. The summed E-state index contributed by atoms with van der Waals surface area (Å²) < 4.78 is 8.66. The van der Waals surface area contributed by atoms with Crippen LogP contribution < -0.4 is 0 Å². The van der Waals surface area contributed by atoms with Gasteiger partial charge in [-0.15, -0.1) is 0 Å². The summed E-state index contributed by atoms with van der Waals surface area (Å²) >= 11 is 0. The Morgan fingerprint density at radius 2 is 1.23 bits per heavy atom. The van der Waals surface area contributed by atoms with E-state index >= 15 is 0 Å². The molecule has 0 amide bonds. The monoisotopic (exact) mass is 603 g/mol. The number of hydrogen-bond donors (Lipinski definition) is 0. The largest absolute Gasteiger partial charge is 0.456 e. The Hall–Kier alpha value is -6.00. The number of nitrogens with zero attached hydrogens (tertiary/aromatic N) is 3. The molecule has 0 saturated heterocycles. The molecule has 0 N–H and O–H groups in total. The Morgan fingerprint density at radius 1 is 0.532 bits per heavy atom. The van der Waals surface area contributed by atoms with Gasteiger partial charge in [0.05, 0.1) is 22.4 Å². The van der Waals surface area contributed by atoms with E-state index in [0.717, 1.165) is 61.5 Å². The van der Waals surface area contributed by atoms with Crippen molar-refractivity contribution in [1.82, 2.24) is 14.5 Å². The van der Waals surface area contributed by atoms with Gasteiger partial charge in [-0.2, -0.15) is 0 Å². The molecule has 3 heterocycles. The molecule has 10 rings (SSSR count). The molecule has 0 radical (unpaired) electrons. The van der Waals surface area contributed by atoms with Gasteiger partial charge in [0.25, 0.3) is 0 Å². The zero-order valence-corrected chi connectivity index (χ0v) is 26.0. The van der Waals surface area contributed by atoms with Crippen molar-refractivity contribution >= 4 is 43.7 Å². The molecule has 0 fully saturated rings. The van der Waals surface area contributed by atoms with Gasteiger partial charge < -0.3 is 8.98 Å². The topological polar surface area (TPSA) is 43.9 Å². The Kier molecular flexibility index (Phi) is 5.31. The first kappa shape index (κ1) is 26.2. The van der Waals surface area contributed by atoms with E-state index in [1.54, 1.807) is 0 Å². The lowest BCUT2D eigenvalue weighted by atomic mass is 9.81. The molecule has 9 aromatic rings. The molecule has 6 aromatic carbocycles. The summed E-state index contributed by atoms with van der Waals surface area (Å²) in [6.07, 6.45) is 0. The Morgan fingerprint density at radius 3 is 2.09 bits per heavy atom. The third-order valence-electron chi connectivity index (χ3n) is 10.00. The fourth-order valence-corrected chi connectivity index (χ4v) is 7.86. The van der Waals surface area contributed by atoms with E-state index in [1.807, 2.05) is 30.3 Å². The van der Waals surface area contributed by atoms with Gasteiger partial charge in [-0.05, 0) is 42.0 Å². The number of benzene rings is 6. The molecule has 4 heteroatoms. The second-order valence-corrected chi connectivity index (χ2v) is 13.0. The van der Waals surface area contributed by atoms with Crippen molar-refractivity contribution < 1.29 is 4.42 Å². The second-order valence-electron chi connectivity index (χ2n) is 13.0. The van der Waals surface area contributed by atoms with Crippen LogP contribution in [0.5, 0.6) is 0 Å². The van der Waals surface area contributed by atoms with E-state index in [4.69, 9.17) is 14.4 Å². The smallest absolute Gasteiger partial charge is 0.160 e. The zero-order valence-electron chi connectivity index (χ0n) is 26.0. The van der Waals surface area contributed by atoms with E-state index in [-0.39, 0.29) is 5.41 Å². The van der Waals surface area contributed by atoms with Crippen LogP contribution in [0.4, 0.5) is 0 Å². The number of hydrogen-bond acceptors (Lipinski definition) is 3. The first-order valence-electron chi connectivity index (χ1n) is 16.1. The molecule has 47 heavy (non-hydrogen) atoms. The average molecular weight is 604 g/mol. The van der Waals surface area contributed by atoms with Crippen molar-refractivity contribution in [2.75, 3.05) is 0 Å². The number of furan rings is 1. The molecule has 0 bridgehead atoms. The quantitative estimate of drug-likeness (QED) is 0.202. The van der Waals surface area contributed by atoms with Crippen LogP contribution >= 0.6 is 0 Å². The molecular weight excluding hydrogens is 574 g/mol. The number of aromatic nitrogens is 3. The standard InChI is InChI=1S/C43H29N3O/c1-43(2)32-17-9-6-14-29(32)41-39(43)40(44-42(45-41)27-12-4-3-5-13-27)26-20-22-28(23-21-26)46-33-18-10-7-15-30(33)37-34(46)24-25-36-38(37)31-16-8-11-19-35(31)47-36/h3-25H,1-2H3. The Bertz CT molecular complexity index is 2700. The van der Waals surface area contributed by atoms with Gasteiger partial charge in [-0.3, -0.25) is 0 Å². The SMILES string of the molecule is CC1(C)c2ccccc2-c2nc(-c3ccccc3)nc(-c3ccc(-n4c5ccccc5c5c6c(ccc54)oc4ccccc46)cc3)c21. The van der Waals surface area contributed by atoms with Gasteiger partial charge in [0.15, 0.2) is 5.82 Å². The lowest BCUT2D eigenvalue weighted by Crippen LogP contribution is -2.17. The van der Waals surface area contributed by atoms with Crippen LogP contribution in [0.1, 0.15) is 25.0 Å². The minimum Gasteiger partial charge on any atom is -0.456 e. The van der Waals surface area contributed by atoms with E-state index in [0.29, 0.717) is 0 Å². The molecule has 0 saturated carbocycles. The molecule has 4 nitrogen and oxygen atoms in total. The van der Waals surface area contributed by atoms with Crippen molar-refractivity contribution in [3.8, 4) is 39.6 Å². The Labute approximate surface area is 271 Å². The normalized spacial score (nSPS) is 13.5. The molecule has 1 aliphatic rings. The lowest BCUT2D eigenvalue weighted by molar-refractivity contribution is 0.658. The van der Waals surface area contributed by atoms with E-state index in [9.17, 15) is 0 Å². The summed E-state index contributed by atoms with van der Waals surface area (Å²) in [5.74, 6) is 0.745. The van der Waals surface area contributed by atoms with Crippen molar-refractivity contribution in [1.29, 1.82) is 0 Å². The number of rotatable bonds is 3. The first-order valence-corrected chi connectivity index (χ1v) is 16.1. The van der Waals surface area contributed by atoms with Crippen LogP contribution in [0.25, 0.3) is 83.3 Å². The fourth-order valence-electron chi connectivity index (χ4n) is 7.86. The van der Waals surface area contributed by atoms with Crippen molar-refractivity contribution in [2.45, 2.75) is 19.3 Å². The maximum atomic E-state index is 6.29.